The van der Waals surface area contributed by atoms with E-state index in [1.807, 2.05) is 0 Å². The third-order valence-electron chi connectivity index (χ3n) is 7.66. The van der Waals surface area contributed by atoms with E-state index in [9.17, 15) is 28.8 Å². The Morgan fingerprint density at radius 3 is 1.10 bits per heavy atom. The van der Waals surface area contributed by atoms with Crippen LogP contribution >= 0.6 is 0 Å². The summed E-state index contributed by atoms with van der Waals surface area (Å²) in [5.41, 5.74) is 5.26. The average molecular weight is 729 g/mol. The van der Waals surface area contributed by atoms with Crippen LogP contribution in [-0.2, 0) is 28.7 Å². The summed E-state index contributed by atoms with van der Waals surface area (Å²) in [5.74, 6) is -1.63. The van der Waals surface area contributed by atoms with E-state index in [0.29, 0.717) is 101 Å². The second-order valence-corrected chi connectivity index (χ2v) is 11.9. The van der Waals surface area contributed by atoms with Crippen molar-refractivity contribution < 1.29 is 48.7 Å². The van der Waals surface area contributed by atoms with E-state index < -0.39 is 11.8 Å². The molecule has 0 aliphatic heterocycles. The van der Waals surface area contributed by atoms with Crippen LogP contribution in [0, 0.1) is 0 Å². The molecule has 0 aliphatic carbocycles. The zero-order valence-corrected chi connectivity index (χ0v) is 29.5. The summed E-state index contributed by atoms with van der Waals surface area (Å²) in [6, 6.07) is 13.1. The van der Waals surface area contributed by atoms with E-state index in [2.05, 4.69) is 21.3 Å². The molecule has 0 radical (unpaired) electrons. The van der Waals surface area contributed by atoms with E-state index in [-0.39, 0.29) is 36.5 Å². The highest BCUT2D eigenvalue weighted by atomic mass is 16.5. The van der Waals surface area contributed by atoms with Gasteiger partial charge in [-0.3, -0.25) is 39.2 Å². The smallest absolute Gasteiger partial charge is 0.251 e. The fourth-order valence-corrected chi connectivity index (χ4v) is 4.82. The average Bonchev–Trinajstić information content (AvgIpc) is 3.15. The minimum Gasteiger partial charge on any atom is -0.377 e. The van der Waals surface area contributed by atoms with Crippen LogP contribution in [0.2, 0.25) is 0 Å². The lowest BCUT2D eigenvalue weighted by molar-refractivity contribution is -0.130. The zero-order chi connectivity index (χ0) is 37.8. The van der Waals surface area contributed by atoms with Crippen molar-refractivity contribution in [1.29, 1.82) is 0 Å². The molecular formula is C36H52N6O10. The number of carbonyl (C=O) groups excluding carboxylic acids is 6. The highest BCUT2D eigenvalue weighted by Crippen LogP contribution is 2.13. The van der Waals surface area contributed by atoms with Crippen molar-refractivity contribution in [2.24, 2.45) is 0 Å². The van der Waals surface area contributed by atoms with E-state index in [1.54, 1.807) is 59.5 Å². The van der Waals surface area contributed by atoms with Gasteiger partial charge in [0.15, 0.2) is 0 Å². The summed E-state index contributed by atoms with van der Waals surface area (Å²) < 4.78 is 11.0. The third kappa shape index (κ3) is 20.1. The lowest BCUT2D eigenvalue weighted by Gasteiger charge is -2.09. The van der Waals surface area contributed by atoms with Crippen LogP contribution in [0.4, 0.5) is 11.4 Å². The van der Waals surface area contributed by atoms with Crippen LogP contribution in [-0.4, -0.2) is 85.4 Å². The van der Waals surface area contributed by atoms with Crippen molar-refractivity contribution in [1.82, 2.24) is 21.6 Å². The predicted octanol–water partition coefficient (Wildman–Crippen LogP) is 3.45. The summed E-state index contributed by atoms with van der Waals surface area (Å²) in [4.78, 5) is 71.0. The maximum Gasteiger partial charge on any atom is 0.251 e. The van der Waals surface area contributed by atoms with Gasteiger partial charge < -0.3 is 30.7 Å². The number of nitrogens with one attached hydrogen (secondary N) is 6. The summed E-state index contributed by atoms with van der Waals surface area (Å²) >= 11 is 0. The van der Waals surface area contributed by atoms with Crippen molar-refractivity contribution in [3.63, 3.8) is 0 Å². The Morgan fingerprint density at radius 1 is 0.442 bits per heavy atom. The van der Waals surface area contributed by atoms with Gasteiger partial charge in [-0.15, -0.1) is 0 Å². The second kappa shape index (κ2) is 26.8. The molecule has 0 saturated heterocycles. The Balaban J connectivity index is 1.46. The fraction of sp³-hybridized carbons (Fsp3) is 0.500. The summed E-state index contributed by atoms with van der Waals surface area (Å²) in [6.45, 7) is 1.81. The molecule has 0 saturated carbocycles. The molecule has 0 aliphatic rings. The molecule has 16 heteroatoms. The minimum atomic E-state index is -0.415. The van der Waals surface area contributed by atoms with Gasteiger partial charge in [0.05, 0.1) is 26.4 Å². The fourth-order valence-electron chi connectivity index (χ4n) is 4.82. The van der Waals surface area contributed by atoms with Crippen molar-refractivity contribution >= 4 is 46.8 Å². The number of carbonyl (C=O) groups is 6. The van der Waals surface area contributed by atoms with Gasteiger partial charge in [-0.05, 0) is 74.2 Å². The van der Waals surface area contributed by atoms with E-state index >= 15 is 0 Å². The Kier molecular flexibility index (Phi) is 22.3. The number of rotatable bonds is 27. The minimum absolute atomic E-state index is 0.131. The first-order valence-corrected chi connectivity index (χ1v) is 17.6. The summed E-state index contributed by atoms with van der Waals surface area (Å²) in [7, 11) is 0. The maximum absolute atomic E-state index is 12.4. The molecule has 6 amide bonds. The number of anilines is 2. The molecule has 0 heterocycles. The van der Waals surface area contributed by atoms with Gasteiger partial charge >= 0.3 is 0 Å². The lowest BCUT2D eigenvalue weighted by atomic mass is 10.1. The zero-order valence-electron chi connectivity index (χ0n) is 29.5. The number of hydrogen-bond acceptors (Lipinski definition) is 10. The second-order valence-electron chi connectivity index (χ2n) is 11.9. The van der Waals surface area contributed by atoms with Crippen LogP contribution in [0.1, 0.15) is 97.8 Å². The first-order valence-electron chi connectivity index (χ1n) is 17.6. The molecule has 0 unspecified atom stereocenters. The van der Waals surface area contributed by atoms with Crippen molar-refractivity contribution in [2.45, 2.75) is 77.0 Å². The van der Waals surface area contributed by atoms with Crippen LogP contribution < -0.4 is 32.2 Å². The molecule has 2 aromatic carbocycles. The molecule has 2 aromatic rings. The van der Waals surface area contributed by atoms with Crippen LogP contribution in [0.25, 0.3) is 0 Å². The van der Waals surface area contributed by atoms with Crippen molar-refractivity contribution in [3.8, 4) is 0 Å². The molecule has 8 N–H and O–H groups in total. The Morgan fingerprint density at radius 2 is 0.769 bits per heavy atom. The van der Waals surface area contributed by atoms with Gasteiger partial charge in [0.2, 0.25) is 23.6 Å². The quantitative estimate of drug-likeness (QED) is 0.0379. The predicted molar refractivity (Wildman–Crippen MR) is 192 cm³/mol. The molecule has 286 valence electrons. The van der Waals surface area contributed by atoms with Gasteiger partial charge in [-0.25, -0.2) is 11.0 Å². The van der Waals surface area contributed by atoms with Crippen LogP contribution in [0.3, 0.4) is 0 Å². The highest BCUT2D eigenvalue weighted by Gasteiger charge is 2.09. The molecule has 52 heavy (non-hydrogen) atoms. The van der Waals surface area contributed by atoms with Crippen LogP contribution in [0.5, 0.6) is 0 Å². The SMILES string of the molecule is O=C(CCCCCCC(=O)Nc1ccc(C(=O)NCCOCCOCCNC(=O)c2ccc(NC(=O)CCCCCCC(=O)NO)cc2)cc1)NO. The van der Waals surface area contributed by atoms with E-state index in [4.69, 9.17) is 19.9 Å². The van der Waals surface area contributed by atoms with Gasteiger partial charge in [-0.1, -0.05) is 25.7 Å². The van der Waals surface area contributed by atoms with Gasteiger partial charge in [0.25, 0.3) is 11.8 Å². The molecule has 16 nitrogen and oxygen atoms in total. The Bertz CT molecular complexity index is 1280. The number of hydrogen-bond donors (Lipinski definition) is 8. The molecule has 0 bridgehead atoms. The summed E-state index contributed by atoms with van der Waals surface area (Å²) in [5, 5.41) is 28.1. The number of hydroxylamine groups is 2. The molecule has 0 aromatic heterocycles. The number of unbranched alkanes of at least 4 members (excludes halogenated alkanes) is 6. The molecular weight excluding hydrogens is 676 g/mol. The normalized spacial score (nSPS) is 10.6. The third-order valence-corrected chi connectivity index (χ3v) is 7.66. The van der Waals surface area contributed by atoms with Crippen molar-refractivity contribution in [3.05, 3.63) is 59.7 Å². The van der Waals surface area contributed by atoms with Gasteiger partial charge in [0, 0.05) is 61.3 Å². The summed E-state index contributed by atoms with van der Waals surface area (Å²) in [6.07, 6.45) is 7.04. The Hall–Kier alpha value is -4.90. The molecule has 0 atom stereocenters. The standard InChI is InChI=1S/C36H52N6O10/c43-31(9-5-1-3-7-11-33(45)41-49)39-29-17-13-27(14-18-29)35(47)37-21-23-51-25-26-52-24-22-38-36(48)28-15-19-30(20-16-28)40-32(44)10-6-2-4-8-12-34(46)42-50/h13-20,49-50H,1-12,21-26H2,(H,37,47)(H,38,48)(H,39,43)(H,40,44)(H,41,45)(H,42,46). The largest absolute Gasteiger partial charge is 0.377 e. The lowest BCUT2D eigenvalue weighted by Crippen LogP contribution is -2.28. The van der Waals surface area contributed by atoms with E-state index in [0.717, 1.165) is 25.7 Å². The number of benzene rings is 2. The number of ether oxygens (including phenoxy) is 2. The van der Waals surface area contributed by atoms with Crippen LogP contribution in [0.15, 0.2) is 48.5 Å². The van der Waals surface area contributed by atoms with Crippen molar-refractivity contribution in [2.75, 3.05) is 50.2 Å². The van der Waals surface area contributed by atoms with Gasteiger partial charge in [0.1, 0.15) is 0 Å². The molecule has 0 spiro atoms. The maximum atomic E-state index is 12.4. The highest BCUT2D eigenvalue weighted by molar-refractivity contribution is 5.96. The van der Waals surface area contributed by atoms with E-state index in [1.165, 1.54) is 0 Å². The monoisotopic (exact) mass is 728 g/mol. The molecule has 2 rings (SSSR count). The first-order chi connectivity index (χ1) is 25.2. The number of amides is 6. The topological polar surface area (TPSA) is 234 Å². The molecule has 0 fully saturated rings. The first kappa shape index (κ1) is 43.3. The Labute approximate surface area is 303 Å². The van der Waals surface area contributed by atoms with Gasteiger partial charge in [-0.2, -0.15) is 0 Å².